The van der Waals surface area contributed by atoms with E-state index in [0.29, 0.717) is 6.04 Å². The van der Waals surface area contributed by atoms with Crippen LogP contribution < -0.4 is 5.32 Å². The van der Waals surface area contributed by atoms with Gasteiger partial charge in [-0.05, 0) is 55.5 Å². The van der Waals surface area contributed by atoms with Crippen molar-refractivity contribution in [2.45, 2.75) is 31.7 Å². The van der Waals surface area contributed by atoms with Gasteiger partial charge in [0.05, 0.1) is 4.34 Å². The maximum Gasteiger partial charge on any atom is 0.126 e. The maximum atomic E-state index is 13.6. The van der Waals surface area contributed by atoms with Crippen molar-refractivity contribution < 1.29 is 4.39 Å². The van der Waals surface area contributed by atoms with E-state index in [4.69, 9.17) is 11.6 Å². The Kier molecular flexibility index (Phi) is 4.39. The number of benzene rings is 1. The van der Waals surface area contributed by atoms with Crippen LogP contribution >= 0.6 is 22.9 Å². The maximum absolute atomic E-state index is 13.6. The van der Waals surface area contributed by atoms with Gasteiger partial charge < -0.3 is 5.32 Å². The lowest BCUT2D eigenvalue weighted by Crippen LogP contribution is -2.26. The predicted molar refractivity (Wildman–Crippen MR) is 83.1 cm³/mol. The quantitative estimate of drug-likeness (QED) is 0.859. The summed E-state index contributed by atoms with van der Waals surface area (Å²) in [5.41, 5.74) is 2.12. The third kappa shape index (κ3) is 3.05. The normalized spacial score (nSPS) is 18.0. The Bertz CT molecular complexity index is 596. The van der Waals surface area contributed by atoms with Crippen molar-refractivity contribution in [3.05, 3.63) is 56.5 Å². The Morgan fingerprint density at radius 3 is 3.05 bits per heavy atom. The van der Waals surface area contributed by atoms with Crippen molar-refractivity contribution in [2.24, 2.45) is 0 Å². The van der Waals surface area contributed by atoms with Crippen LogP contribution in [0.4, 0.5) is 4.39 Å². The van der Waals surface area contributed by atoms with E-state index in [1.165, 1.54) is 22.9 Å². The van der Waals surface area contributed by atoms with E-state index in [0.717, 1.165) is 35.7 Å². The summed E-state index contributed by atoms with van der Waals surface area (Å²) in [6.07, 6.45) is 4.19. The molecule has 106 valence electrons. The van der Waals surface area contributed by atoms with Crippen molar-refractivity contribution in [2.75, 3.05) is 6.54 Å². The summed E-state index contributed by atoms with van der Waals surface area (Å²) in [6, 6.07) is 9.44. The van der Waals surface area contributed by atoms with Crippen molar-refractivity contribution in [1.29, 1.82) is 0 Å². The Labute approximate surface area is 127 Å². The number of rotatable bonds is 4. The zero-order valence-corrected chi connectivity index (χ0v) is 12.7. The molecule has 1 aromatic heterocycles. The molecule has 3 rings (SSSR count). The van der Waals surface area contributed by atoms with Gasteiger partial charge in [0.25, 0.3) is 0 Å². The van der Waals surface area contributed by atoms with E-state index in [2.05, 4.69) is 11.4 Å². The molecule has 1 aromatic carbocycles. The van der Waals surface area contributed by atoms with Crippen LogP contribution in [0.2, 0.25) is 4.34 Å². The Balaban J connectivity index is 1.61. The summed E-state index contributed by atoms with van der Waals surface area (Å²) in [5.74, 6) is -0.114. The lowest BCUT2D eigenvalue weighted by Gasteiger charge is -2.23. The van der Waals surface area contributed by atoms with Gasteiger partial charge in [0, 0.05) is 10.9 Å². The topological polar surface area (TPSA) is 12.0 Å². The number of hydrogen-bond acceptors (Lipinski definition) is 2. The highest BCUT2D eigenvalue weighted by Gasteiger charge is 2.22. The molecule has 20 heavy (non-hydrogen) atoms. The van der Waals surface area contributed by atoms with Crippen LogP contribution in [0, 0.1) is 5.82 Å². The van der Waals surface area contributed by atoms with Crippen molar-refractivity contribution >= 4 is 22.9 Å². The summed E-state index contributed by atoms with van der Waals surface area (Å²) in [7, 11) is 0. The largest absolute Gasteiger partial charge is 0.310 e. The van der Waals surface area contributed by atoms with Crippen LogP contribution in [0.1, 0.15) is 34.9 Å². The van der Waals surface area contributed by atoms with Crippen molar-refractivity contribution in [1.82, 2.24) is 5.32 Å². The van der Waals surface area contributed by atoms with Gasteiger partial charge in [-0.2, -0.15) is 0 Å². The Hall–Kier alpha value is -0.900. The van der Waals surface area contributed by atoms with Crippen molar-refractivity contribution in [3.63, 3.8) is 0 Å². The summed E-state index contributed by atoms with van der Waals surface area (Å²) >= 11 is 7.80. The molecule has 1 aliphatic rings. The number of thiophene rings is 1. The van der Waals surface area contributed by atoms with Gasteiger partial charge in [-0.3, -0.25) is 0 Å². The first-order valence-electron chi connectivity index (χ1n) is 6.99. The molecule has 0 bridgehead atoms. The van der Waals surface area contributed by atoms with E-state index >= 15 is 0 Å². The molecule has 1 atom stereocenters. The lowest BCUT2D eigenvalue weighted by atomic mass is 9.94. The number of halogens is 2. The van der Waals surface area contributed by atoms with E-state index in [1.54, 1.807) is 17.4 Å². The SMILES string of the molecule is Fc1ccccc1CCNC1CCCc2sc(Cl)cc21. The minimum absolute atomic E-state index is 0.114. The fourth-order valence-electron chi connectivity index (χ4n) is 2.82. The molecule has 1 unspecified atom stereocenters. The highest BCUT2D eigenvalue weighted by Crippen LogP contribution is 2.37. The minimum atomic E-state index is -0.114. The molecule has 0 aliphatic heterocycles. The van der Waals surface area contributed by atoms with Crippen LogP contribution in [0.3, 0.4) is 0 Å². The van der Waals surface area contributed by atoms with E-state index in [1.807, 2.05) is 12.1 Å². The Morgan fingerprint density at radius 1 is 1.35 bits per heavy atom. The second-order valence-electron chi connectivity index (χ2n) is 5.17. The summed E-state index contributed by atoms with van der Waals surface area (Å²) in [5, 5.41) is 3.55. The van der Waals surface area contributed by atoms with E-state index < -0.39 is 0 Å². The highest BCUT2D eigenvalue weighted by atomic mass is 35.5. The second kappa shape index (κ2) is 6.25. The molecule has 1 aliphatic carbocycles. The van der Waals surface area contributed by atoms with Gasteiger partial charge >= 0.3 is 0 Å². The monoisotopic (exact) mass is 309 g/mol. The first kappa shape index (κ1) is 14.1. The van der Waals surface area contributed by atoms with E-state index in [-0.39, 0.29) is 5.82 Å². The number of aryl methyl sites for hydroxylation is 1. The van der Waals surface area contributed by atoms with Gasteiger partial charge in [0.15, 0.2) is 0 Å². The van der Waals surface area contributed by atoms with Gasteiger partial charge in [0.1, 0.15) is 5.82 Å². The van der Waals surface area contributed by atoms with Crippen LogP contribution in [0.25, 0.3) is 0 Å². The van der Waals surface area contributed by atoms with Crippen LogP contribution in [0.5, 0.6) is 0 Å². The molecule has 1 heterocycles. The lowest BCUT2D eigenvalue weighted by molar-refractivity contribution is 0.464. The molecular weight excluding hydrogens is 293 g/mol. The first-order valence-corrected chi connectivity index (χ1v) is 8.18. The zero-order chi connectivity index (χ0) is 13.9. The zero-order valence-electron chi connectivity index (χ0n) is 11.2. The fraction of sp³-hybridized carbons (Fsp3) is 0.375. The van der Waals surface area contributed by atoms with Gasteiger partial charge in [-0.15, -0.1) is 11.3 Å². The summed E-state index contributed by atoms with van der Waals surface area (Å²) in [4.78, 5) is 1.41. The fourth-order valence-corrected chi connectivity index (χ4v) is 4.20. The molecule has 0 saturated heterocycles. The van der Waals surface area contributed by atoms with Crippen molar-refractivity contribution in [3.8, 4) is 0 Å². The molecule has 1 N–H and O–H groups in total. The van der Waals surface area contributed by atoms with Gasteiger partial charge in [0.2, 0.25) is 0 Å². The van der Waals surface area contributed by atoms with E-state index in [9.17, 15) is 4.39 Å². The highest BCUT2D eigenvalue weighted by molar-refractivity contribution is 7.16. The summed E-state index contributed by atoms with van der Waals surface area (Å²) in [6.45, 7) is 0.790. The third-order valence-electron chi connectivity index (χ3n) is 3.83. The predicted octanol–water partition coefficient (Wildman–Crippen LogP) is 4.75. The smallest absolute Gasteiger partial charge is 0.126 e. The molecule has 1 nitrogen and oxygen atoms in total. The van der Waals surface area contributed by atoms with Crippen LogP contribution in [-0.2, 0) is 12.8 Å². The molecule has 4 heteroatoms. The third-order valence-corrected chi connectivity index (χ3v) is 5.17. The number of fused-ring (bicyclic) bond motifs is 1. The molecule has 0 fully saturated rings. The number of hydrogen-bond donors (Lipinski definition) is 1. The average Bonchev–Trinajstić information content (AvgIpc) is 2.82. The van der Waals surface area contributed by atoms with Crippen LogP contribution in [-0.4, -0.2) is 6.54 Å². The molecule has 0 radical (unpaired) electrons. The first-order chi connectivity index (χ1) is 9.74. The Morgan fingerprint density at radius 2 is 2.20 bits per heavy atom. The minimum Gasteiger partial charge on any atom is -0.310 e. The molecular formula is C16H17ClFNS. The average molecular weight is 310 g/mol. The van der Waals surface area contributed by atoms with Gasteiger partial charge in [-0.25, -0.2) is 4.39 Å². The molecule has 2 aromatic rings. The van der Waals surface area contributed by atoms with Crippen LogP contribution in [0.15, 0.2) is 30.3 Å². The molecule has 0 spiro atoms. The second-order valence-corrected chi connectivity index (χ2v) is 6.94. The molecule has 0 saturated carbocycles. The van der Waals surface area contributed by atoms with Gasteiger partial charge in [-0.1, -0.05) is 29.8 Å². The molecule has 0 amide bonds. The summed E-state index contributed by atoms with van der Waals surface area (Å²) < 4.78 is 14.4. The standard InChI is InChI=1S/C16H17ClFNS/c17-16-10-12-14(6-3-7-15(12)20-16)19-9-8-11-4-1-2-5-13(11)18/h1-2,4-5,10,14,19H,3,6-9H2. The number of nitrogens with one attached hydrogen (secondary N) is 1.